The summed E-state index contributed by atoms with van der Waals surface area (Å²) in [5.74, 6) is 0.153. The monoisotopic (exact) mass is 215 g/mol. The largest absolute Gasteiger partial charge is 0.380 e. The molecule has 5 heteroatoms. The number of nitrogens with two attached hydrogens (primary N) is 1. The lowest BCUT2D eigenvalue weighted by atomic mass is 10.2. The van der Waals surface area contributed by atoms with E-state index in [2.05, 4.69) is 11.9 Å². The topological polar surface area (TPSA) is 58.8 Å². The van der Waals surface area contributed by atoms with Gasteiger partial charge in [0.1, 0.15) is 0 Å². The molecule has 2 N–H and O–H groups in total. The van der Waals surface area contributed by atoms with Gasteiger partial charge in [-0.25, -0.2) is 0 Å². The minimum atomic E-state index is -0.142. The van der Waals surface area contributed by atoms with Crippen LogP contribution < -0.4 is 5.73 Å². The van der Waals surface area contributed by atoms with Gasteiger partial charge in [0.2, 0.25) is 5.91 Å². The molecule has 1 rings (SSSR count). The van der Waals surface area contributed by atoms with Crippen molar-refractivity contribution >= 4 is 5.91 Å². The van der Waals surface area contributed by atoms with Gasteiger partial charge in [-0.1, -0.05) is 0 Å². The third-order valence-corrected chi connectivity index (χ3v) is 2.85. The minimum absolute atomic E-state index is 0.142. The number of methoxy groups -OCH3 is 1. The van der Waals surface area contributed by atoms with Crippen LogP contribution in [0.25, 0.3) is 0 Å². The number of rotatable bonds is 4. The molecular weight excluding hydrogens is 194 g/mol. The Morgan fingerprint density at radius 2 is 2.00 bits per heavy atom. The maximum Gasteiger partial charge on any atom is 0.225 e. The lowest BCUT2D eigenvalue weighted by molar-refractivity contribution is -0.135. The molecule has 0 aromatic rings. The minimum Gasteiger partial charge on any atom is -0.380 e. The van der Waals surface area contributed by atoms with E-state index in [-0.39, 0.29) is 12.0 Å². The van der Waals surface area contributed by atoms with Crippen molar-refractivity contribution in [2.24, 2.45) is 5.73 Å². The number of ether oxygens (including phenoxy) is 1. The van der Waals surface area contributed by atoms with Crippen molar-refractivity contribution in [3.05, 3.63) is 0 Å². The molecule has 88 valence electrons. The van der Waals surface area contributed by atoms with Gasteiger partial charge in [-0.05, 0) is 7.05 Å². The standard InChI is InChI=1S/C10H21N3O2/c1-12-3-5-13(6-4-12)10(14)7-9(8-11)15-2/h9H,3-8,11H2,1-2H3. The quantitative estimate of drug-likeness (QED) is 0.662. The fraction of sp³-hybridized carbons (Fsp3) is 0.900. The molecule has 15 heavy (non-hydrogen) atoms. The van der Waals surface area contributed by atoms with Crippen LogP contribution in [0.5, 0.6) is 0 Å². The molecular formula is C10H21N3O2. The number of piperazine rings is 1. The fourth-order valence-electron chi connectivity index (χ4n) is 1.64. The summed E-state index contributed by atoms with van der Waals surface area (Å²) in [6.45, 7) is 3.93. The first kappa shape index (κ1) is 12.4. The van der Waals surface area contributed by atoms with E-state index < -0.39 is 0 Å². The lowest BCUT2D eigenvalue weighted by Crippen LogP contribution is -2.48. The van der Waals surface area contributed by atoms with Gasteiger partial charge in [0, 0.05) is 39.8 Å². The van der Waals surface area contributed by atoms with Crippen LogP contribution in [0.3, 0.4) is 0 Å². The molecule has 1 unspecified atom stereocenters. The Labute approximate surface area is 91.2 Å². The van der Waals surface area contributed by atoms with Crippen molar-refractivity contribution in [1.29, 1.82) is 0 Å². The van der Waals surface area contributed by atoms with Crippen LogP contribution in [-0.4, -0.2) is 68.7 Å². The van der Waals surface area contributed by atoms with Gasteiger partial charge in [-0.3, -0.25) is 4.79 Å². The second-order valence-electron chi connectivity index (χ2n) is 3.98. The number of carbonyl (C=O) groups is 1. The zero-order valence-electron chi connectivity index (χ0n) is 9.61. The van der Waals surface area contributed by atoms with Gasteiger partial charge < -0.3 is 20.3 Å². The number of amides is 1. The van der Waals surface area contributed by atoms with Crippen LogP contribution in [-0.2, 0) is 9.53 Å². The molecule has 0 aromatic heterocycles. The van der Waals surface area contributed by atoms with Gasteiger partial charge in [0.15, 0.2) is 0 Å². The highest BCUT2D eigenvalue weighted by Gasteiger charge is 2.21. The number of carbonyl (C=O) groups excluding carboxylic acids is 1. The second kappa shape index (κ2) is 6.05. The Morgan fingerprint density at radius 1 is 1.40 bits per heavy atom. The van der Waals surface area contributed by atoms with E-state index in [0.717, 1.165) is 26.2 Å². The first-order valence-corrected chi connectivity index (χ1v) is 5.36. The SMILES string of the molecule is COC(CN)CC(=O)N1CCN(C)CC1. The summed E-state index contributed by atoms with van der Waals surface area (Å²) in [5, 5.41) is 0. The van der Waals surface area contributed by atoms with Crippen molar-refractivity contribution in [3.8, 4) is 0 Å². The molecule has 1 fully saturated rings. The van der Waals surface area contributed by atoms with E-state index in [1.807, 2.05) is 4.90 Å². The number of nitrogens with zero attached hydrogens (tertiary/aromatic N) is 2. The maximum absolute atomic E-state index is 11.8. The Morgan fingerprint density at radius 3 is 2.47 bits per heavy atom. The lowest BCUT2D eigenvalue weighted by Gasteiger charge is -2.33. The molecule has 5 nitrogen and oxygen atoms in total. The Balaban J connectivity index is 2.33. The van der Waals surface area contributed by atoms with Crippen molar-refractivity contribution in [2.45, 2.75) is 12.5 Å². The smallest absolute Gasteiger partial charge is 0.225 e. The molecule has 0 spiro atoms. The maximum atomic E-state index is 11.8. The molecule has 0 radical (unpaired) electrons. The van der Waals surface area contributed by atoms with Gasteiger partial charge in [-0.2, -0.15) is 0 Å². The summed E-state index contributed by atoms with van der Waals surface area (Å²) >= 11 is 0. The summed E-state index contributed by atoms with van der Waals surface area (Å²) in [7, 11) is 3.66. The summed E-state index contributed by atoms with van der Waals surface area (Å²) in [4.78, 5) is 15.9. The van der Waals surface area contributed by atoms with Gasteiger partial charge in [-0.15, -0.1) is 0 Å². The van der Waals surface area contributed by atoms with E-state index >= 15 is 0 Å². The Bertz CT molecular complexity index is 199. The van der Waals surface area contributed by atoms with E-state index in [0.29, 0.717) is 13.0 Å². The van der Waals surface area contributed by atoms with E-state index in [9.17, 15) is 4.79 Å². The Kier molecular flexibility index (Phi) is 5.01. The van der Waals surface area contributed by atoms with Crippen LogP contribution in [0.15, 0.2) is 0 Å². The normalized spacial score (nSPS) is 20.3. The molecule has 1 aliphatic rings. The first-order chi connectivity index (χ1) is 7.17. The first-order valence-electron chi connectivity index (χ1n) is 5.36. The van der Waals surface area contributed by atoms with Crippen molar-refractivity contribution < 1.29 is 9.53 Å². The fourth-order valence-corrected chi connectivity index (χ4v) is 1.64. The predicted molar refractivity (Wildman–Crippen MR) is 58.5 cm³/mol. The summed E-state index contributed by atoms with van der Waals surface area (Å²) in [5.41, 5.74) is 5.48. The Hall–Kier alpha value is -0.650. The molecule has 1 heterocycles. The number of hydrogen-bond acceptors (Lipinski definition) is 4. The zero-order chi connectivity index (χ0) is 11.3. The second-order valence-corrected chi connectivity index (χ2v) is 3.98. The van der Waals surface area contributed by atoms with Crippen molar-refractivity contribution in [1.82, 2.24) is 9.80 Å². The zero-order valence-corrected chi connectivity index (χ0v) is 9.61. The summed E-state index contributed by atoms with van der Waals surface area (Å²) in [6, 6.07) is 0. The van der Waals surface area contributed by atoms with Crippen molar-refractivity contribution in [2.75, 3.05) is 46.9 Å². The molecule has 0 saturated carbocycles. The van der Waals surface area contributed by atoms with Crippen LogP contribution in [0, 0.1) is 0 Å². The molecule has 1 amide bonds. The average molecular weight is 215 g/mol. The van der Waals surface area contributed by atoms with E-state index in [1.165, 1.54) is 0 Å². The molecule has 1 saturated heterocycles. The van der Waals surface area contributed by atoms with E-state index in [4.69, 9.17) is 10.5 Å². The number of likely N-dealkylation sites (N-methyl/N-ethyl adjacent to an activating group) is 1. The van der Waals surface area contributed by atoms with Gasteiger partial charge in [0.25, 0.3) is 0 Å². The van der Waals surface area contributed by atoms with Gasteiger partial charge in [0.05, 0.1) is 12.5 Å². The third kappa shape index (κ3) is 3.77. The van der Waals surface area contributed by atoms with E-state index in [1.54, 1.807) is 7.11 Å². The summed E-state index contributed by atoms with van der Waals surface area (Å²) in [6.07, 6.45) is 0.258. The molecule has 0 bridgehead atoms. The molecule has 0 aliphatic carbocycles. The van der Waals surface area contributed by atoms with Crippen LogP contribution >= 0.6 is 0 Å². The molecule has 1 aliphatic heterocycles. The van der Waals surface area contributed by atoms with Crippen LogP contribution in [0.2, 0.25) is 0 Å². The average Bonchev–Trinajstić information content (AvgIpc) is 2.26. The van der Waals surface area contributed by atoms with Crippen LogP contribution in [0.1, 0.15) is 6.42 Å². The summed E-state index contributed by atoms with van der Waals surface area (Å²) < 4.78 is 5.10. The molecule has 1 atom stereocenters. The van der Waals surface area contributed by atoms with Crippen LogP contribution in [0.4, 0.5) is 0 Å². The van der Waals surface area contributed by atoms with Crippen molar-refractivity contribution in [3.63, 3.8) is 0 Å². The highest BCUT2D eigenvalue weighted by molar-refractivity contribution is 5.76. The third-order valence-electron chi connectivity index (χ3n) is 2.85. The highest BCUT2D eigenvalue weighted by atomic mass is 16.5. The molecule has 0 aromatic carbocycles. The number of hydrogen-bond donors (Lipinski definition) is 1. The van der Waals surface area contributed by atoms with Gasteiger partial charge >= 0.3 is 0 Å². The predicted octanol–water partition coefficient (Wildman–Crippen LogP) is -0.876. The highest BCUT2D eigenvalue weighted by Crippen LogP contribution is 2.05.